The molecule has 340 valence electrons. The summed E-state index contributed by atoms with van der Waals surface area (Å²) in [5.74, 6) is 2.81. The van der Waals surface area contributed by atoms with Crippen molar-refractivity contribution in [2.75, 3.05) is 0 Å². The minimum absolute atomic E-state index is 0.693. The summed E-state index contributed by atoms with van der Waals surface area (Å²) in [5, 5.41) is 12.3. The van der Waals surface area contributed by atoms with E-state index in [-0.39, 0.29) is 0 Å². The first-order chi connectivity index (χ1) is 36.2. The SMILES string of the molecule is C#C/C=C\c1c(Cn2c3ccccc3c3ccccc32)cccc1-c1ccc2c(-c3ccccc3)c3cc(-c4cccc5c(-n6c7ccccc7c7ccccc76)cccc45)ccc3c(-c3ccccc3)c2c1. The largest absolute Gasteiger partial charge is 0.336 e. The molecule has 14 aromatic rings. The number of allylic oxidation sites excluding steroid dienone is 1. The Morgan fingerprint density at radius 2 is 0.795 bits per heavy atom. The van der Waals surface area contributed by atoms with E-state index in [1.54, 1.807) is 0 Å². The fourth-order valence-electron chi connectivity index (χ4n) is 12.0. The molecule has 0 N–H and O–H groups in total. The molecule has 0 radical (unpaired) electrons. The van der Waals surface area contributed by atoms with Crippen molar-refractivity contribution in [3.8, 4) is 62.5 Å². The maximum Gasteiger partial charge on any atom is 0.0541 e. The van der Waals surface area contributed by atoms with Crippen LogP contribution in [0.1, 0.15) is 11.1 Å². The molecule has 12 aromatic carbocycles. The topological polar surface area (TPSA) is 9.86 Å². The van der Waals surface area contributed by atoms with E-state index in [4.69, 9.17) is 6.42 Å². The monoisotopic (exact) mass is 926 g/mol. The fraction of sp³-hybridized carbons (Fsp3) is 0.0141. The minimum atomic E-state index is 0.693. The summed E-state index contributed by atoms with van der Waals surface area (Å²) in [6.45, 7) is 0.693. The van der Waals surface area contributed by atoms with E-state index >= 15 is 0 Å². The second kappa shape index (κ2) is 17.3. The normalized spacial score (nSPS) is 11.8. The number of hydrogen-bond acceptors (Lipinski definition) is 0. The van der Waals surface area contributed by atoms with Crippen LogP contribution in [0, 0.1) is 12.3 Å². The van der Waals surface area contributed by atoms with Gasteiger partial charge < -0.3 is 9.13 Å². The molecular weight excluding hydrogens is 881 g/mol. The zero-order chi connectivity index (χ0) is 48.4. The lowest BCUT2D eigenvalue weighted by Crippen LogP contribution is -2.02. The number of para-hydroxylation sites is 4. The van der Waals surface area contributed by atoms with Crippen molar-refractivity contribution in [3.63, 3.8) is 0 Å². The summed E-state index contributed by atoms with van der Waals surface area (Å²) >= 11 is 0. The van der Waals surface area contributed by atoms with Crippen LogP contribution in [0.25, 0.3) is 132 Å². The molecule has 2 aromatic heterocycles. The Bertz CT molecular complexity index is 4470. The Morgan fingerprint density at radius 1 is 0.342 bits per heavy atom. The van der Waals surface area contributed by atoms with Crippen molar-refractivity contribution >= 4 is 82.0 Å². The highest BCUT2D eigenvalue weighted by atomic mass is 15.0. The zero-order valence-corrected chi connectivity index (χ0v) is 40.0. The van der Waals surface area contributed by atoms with Crippen LogP contribution in [0.2, 0.25) is 0 Å². The maximum absolute atomic E-state index is 5.98. The van der Waals surface area contributed by atoms with Crippen molar-refractivity contribution in [3.05, 3.63) is 266 Å². The van der Waals surface area contributed by atoms with Crippen LogP contribution in [-0.4, -0.2) is 9.13 Å². The molecule has 0 saturated heterocycles. The number of aromatic nitrogens is 2. The molecule has 2 nitrogen and oxygen atoms in total. The summed E-state index contributed by atoms with van der Waals surface area (Å²) in [6.07, 6.45) is 9.94. The van der Waals surface area contributed by atoms with E-state index in [1.807, 2.05) is 6.08 Å². The maximum atomic E-state index is 5.98. The molecule has 0 unspecified atom stereocenters. The van der Waals surface area contributed by atoms with E-state index in [1.165, 1.54) is 121 Å². The van der Waals surface area contributed by atoms with Crippen LogP contribution < -0.4 is 0 Å². The predicted molar refractivity (Wildman–Crippen MR) is 311 cm³/mol. The fourth-order valence-corrected chi connectivity index (χ4v) is 12.0. The van der Waals surface area contributed by atoms with Gasteiger partial charge in [-0.3, -0.25) is 0 Å². The minimum Gasteiger partial charge on any atom is -0.336 e. The third-order valence-electron chi connectivity index (χ3n) is 15.1. The lowest BCUT2D eigenvalue weighted by Gasteiger charge is -2.21. The average Bonchev–Trinajstić information content (AvgIpc) is 3.96. The van der Waals surface area contributed by atoms with Crippen molar-refractivity contribution in [2.24, 2.45) is 0 Å². The number of rotatable bonds is 8. The van der Waals surface area contributed by atoms with Crippen LogP contribution in [0.5, 0.6) is 0 Å². The van der Waals surface area contributed by atoms with Gasteiger partial charge in [-0.1, -0.05) is 212 Å². The smallest absolute Gasteiger partial charge is 0.0541 e. The third kappa shape index (κ3) is 6.82. The van der Waals surface area contributed by atoms with Crippen LogP contribution in [0.3, 0.4) is 0 Å². The Balaban J connectivity index is 0.987. The Kier molecular flexibility index (Phi) is 10.0. The van der Waals surface area contributed by atoms with Gasteiger partial charge in [0, 0.05) is 44.5 Å². The summed E-state index contributed by atoms with van der Waals surface area (Å²) in [5.41, 5.74) is 17.8. The van der Waals surface area contributed by atoms with Crippen molar-refractivity contribution in [2.45, 2.75) is 6.54 Å². The highest BCUT2D eigenvalue weighted by molar-refractivity contribution is 6.23. The Hall–Kier alpha value is -9.68. The van der Waals surface area contributed by atoms with E-state index in [0.717, 1.165) is 16.7 Å². The molecule has 0 aliphatic carbocycles. The molecule has 2 heterocycles. The molecule has 0 aliphatic heterocycles. The molecule has 14 rings (SSSR count). The number of fused-ring (bicyclic) bond motifs is 9. The molecule has 0 bridgehead atoms. The molecule has 2 heteroatoms. The van der Waals surface area contributed by atoms with Crippen molar-refractivity contribution < 1.29 is 0 Å². The summed E-state index contributed by atoms with van der Waals surface area (Å²) in [6, 6.07) is 91.3. The standard InChI is InChI=1S/C71H46N2/c1-2-3-26-54-51(46-72-65-35-14-10-27-57(65)58-28-11-15-36-66(58)72)25-18-31-52(54)49-40-42-61-63(44-49)70(47-21-6-4-7-22-47)62-43-41-50(45-64(62)71(61)48-23-8-5-9-24-48)53-32-19-34-56-55(53)33-20-39-69(56)73-67-37-16-12-29-59(67)60-30-13-17-38-68(60)73/h1,3-45H,46H2/b26-3-. The molecule has 73 heavy (non-hydrogen) atoms. The van der Waals surface area contributed by atoms with E-state index in [2.05, 4.69) is 270 Å². The van der Waals surface area contributed by atoms with Gasteiger partial charge in [-0.05, 0) is 137 Å². The Labute approximate surface area is 424 Å². The van der Waals surface area contributed by atoms with Crippen molar-refractivity contribution in [1.29, 1.82) is 0 Å². The van der Waals surface area contributed by atoms with Gasteiger partial charge in [0.2, 0.25) is 0 Å². The van der Waals surface area contributed by atoms with Gasteiger partial charge in [0.15, 0.2) is 0 Å². The predicted octanol–water partition coefficient (Wildman–Crippen LogP) is 18.7. The Morgan fingerprint density at radius 3 is 1.37 bits per heavy atom. The van der Waals surface area contributed by atoms with E-state index in [9.17, 15) is 0 Å². The van der Waals surface area contributed by atoms with Gasteiger partial charge in [0.25, 0.3) is 0 Å². The summed E-state index contributed by atoms with van der Waals surface area (Å²) in [7, 11) is 0. The first-order valence-electron chi connectivity index (χ1n) is 25.1. The highest BCUT2D eigenvalue weighted by Gasteiger charge is 2.21. The van der Waals surface area contributed by atoms with Crippen LogP contribution in [-0.2, 0) is 6.54 Å². The second-order valence-electron chi connectivity index (χ2n) is 19.0. The van der Waals surface area contributed by atoms with Crippen LogP contribution in [0.15, 0.2) is 255 Å². The molecule has 0 fully saturated rings. The van der Waals surface area contributed by atoms with Gasteiger partial charge in [0.05, 0.1) is 16.7 Å². The lowest BCUT2D eigenvalue weighted by atomic mass is 9.83. The van der Waals surface area contributed by atoms with E-state index in [0.29, 0.717) is 6.54 Å². The van der Waals surface area contributed by atoms with Gasteiger partial charge in [-0.15, -0.1) is 6.42 Å². The lowest BCUT2D eigenvalue weighted by molar-refractivity contribution is 0.867. The van der Waals surface area contributed by atoms with Gasteiger partial charge in [-0.25, -0.2) is 0 Å². The molecule has 0 atom stereocenters. The second-order valence-corrected chi connectivity index (χ2v) is 19.0. The number of nitrogens with zero attached hydrogens (tertiary/aromatic N) is 2. The number of benzene rings is 12. The molecular formula is C71H46N2. The number of hydrogen-bond donors (Lipinski definition) is 0. The molecule has 0 aliphatic rings. The molecule has 0 spiro atoms. The average molecular weight is 927 g/mol. The van der Waals surface area contributed by atoms with Gasteiger partial charge >= 0.3 is 0 Å². The third-order valence-corrected chi connectivity index (χ3v) is 15.1. The van der Waals surface area contributed by atoms with Crippen molar-refractivity contribution in [1.82, 2.24) is 9.13 Å². The summed E-state index contributed by atoms with van der Waals surface area (Å²) < 4.78 is 4.88. The molecule has 0 amide bonds. The van der Waals surface area contributed by atoms with Gasteiger partial charge in [-0.2, -0.15) is 0 Å². The quantitative estimate of drug-likeness (QED) is 0.106. The zero-order valence-electron chi connectivity index (χ0n) is 40.0. The van der Waals surface area contributed by atoms with Gasteiger partial charge in [0.1, 0.15) is 0 Å². The molecule has 0 saturated carbocycles. The van der Waals surface area contributed by atoms with Crippen LogP contribution in [0.4, 0.5) is 0 Å². The first kappa shape index (κ1) is 42.2. The van der Waals surface area contributed by atoms with Crippen LogP contribution >= 0.6 is 0 Å². The summed E-state index contributed by atoms with van der Waals surface area (Å²) in [4.78, 5) is 0. The highest BCUT2D eigenvalue weighted by Crippen LogP contribution is 2.47. The first-order valence-corrected chi connectivity index (χ1v) is 25.1. The number of terminal acetylenes is 1. The van der Waals surface area contributed by atoms with E-state index < -0.39 is 0 Å².